The number of halogens is 1. The summed E-state index contributed by atoms with van der Waals surface area (Å²) in [6, 6.07) is 4.28. The third-order valence-electron chi connectivity index (χ3n) is 2.59. The Hall–Kier alpha value is -1.09. The maximum absolute atomic E-state index is 13.1. The van der Waals surface area contributed by atoms with E-state index in [1.165, 1.54) is 12.1 Å². The molecular formula is C14H22FNO. The number of hydrogen-bond donors (Lipinski definition) is 1. The van der Waals surface area contributed by atoms with Gasteiger partial charge in [-0.05, 0) is 44.4 Å². The van der Waals surface area contributed by atoms with Crippen molar-refractivity contribution in [3.63, 3.8) is 0 Å². The van der Waals surface area contributed by atoms with Crippen molar-refractivity contribution in [3.8, 4) is 5.75 Å². The molecule has 0 spiro atoms. The van der Waals surface area contributed by atoms with Gasteiger partial charge in [0.05, 0.1) is 6.10 Å². The molecule has 0 amide bonds. The zero-order chi connectivity index (χ0) is 13.0. The number of hydrogen-bond acceptors (Lipinski definition) is 2. The normalized spacial score (nSPS) is 14.8. The third-order valence-corrected chi connectivity index (χ3v) is 2.59. The molecule has 1 rings (SSSR count). The highest BCUT2D eigenvalue weighted by Crippen LogP contribution is 2.26. The van der Waals surface area contributed by atoms with E-state index in [0.717, 1.165) is 12.0 Å². The molecule has 0 radical (unpaired) electrons. The SMILES string of the molecule is CC(C)CC(C)Oc1ccc(F)cc1C(C)N. The molecule has 2 unspecified atom stereocenters. The predicted octanol–water partition coefficient (Wildman–Crippen LogP) is 3.66. The Labute approximate surface area is 103 Å². The van der Waals surface area contributed by atoms with Crippen molar-refractivity contribution < 1.29 is 9.13 Å². The first-order valence-electron chi connectivity index (χ1n) is 6.11. The fourth-order valence-electron chi connectivity index (χ4n) is 1.91. The Kier molecular flexibility index (Phi) is 4.94. The molecule has 0 aliphatic carbocycles. The van der Waals surface area contributed by atoms with Crippen LogP contribution in [0.3, 0.4) is 0 Å². The van der Waals surface area contributed by atoms with Crippen molar-refractivity contribution in [1.82, 2.24) is 0 Å². The number of nitrogens with two attached hydrogens (primary N) is 1. The molecule has 2 atom stereocenters. The van der Waals surface area contributed by atoms with E-state index in [1.54, 1.807) is 6.07 Å². The maximum Gasteiger partial charge on any atom is 0.124 e. The van der Waals surface area contributed by atoms with E-state index in [0.29, 0.717) is 11.7 Å². The fourth-order valence-corrected chi connectivity index (χ4v) is 1.91. The summed E-state index contributed by atoms with van der Waals surface area (Å²) in [5, 5.41) is 0. The van der Waals surface area contributed by atoms with Crippen molar-refractivity contribution in [2.45, 2.75) is 46.3 Å². The molecule has 17 heavy (non-hydrogen) atoms. The molecule has 1 aromatic rings. The molecule has 2 N–H and O–H groups in total. The van der Waals surface area contributed by atoms with E-state index >= 15 is 0 Å². The van der Waals surface area contributed by atoms with E-state index in [-0.39, 0.29) is 18.0 Å². The molecule has 0 fully saturated rings. The molecule has 0 aromatic heterocycles. The molecule has 0 heterocycles. The molecule has 2 nitrogen and oxygen atoms in total. The Morgan fingerprint density at radius 1 is 1.24 bits per heavy atom. The van der Waals surface area contributed by atoms with Crippen LogP contribution in [0.2, 0.25) is 0 Å². The molecule has 0 aliphatic heterocycles. The van der Waals surface area contributed by atoms with E-state index in [9.17, 15) is 4.39 Å². The molecule has 0 aliphatic rings. The quantitative estimate of drug-likeness (QED) is 0.851. The van der Waals surface area contributed by atoms with E-state index in [2.05, 4.69) is 13.8 Å². The molecular weight excluding hydrogens is 217 g/mol. The predicted molar refractivity (Wildman–Crippen MR) is 68.5 cm³/mol. The van der Waals surface area contributed by atoms with Crippen LogP contribution in [0, 0.1) is 11.7 Å². The summed E-state index contributed by atoms with van der Waals surface area (Å²) in [4.78, 5) is 0. The Balaban J connectivity index is 2.83. The lowest BCUT2D eigenvalue weighted by Crippen LogP contribution is -2.17. The van der Waals surface area contributed by atoms with Crippen LogP contribution in [-0.2, 0) is 0 Å². The second-order valence-corrected chi connectivity index (χ2v) is 5.03. The Morgan fingerprint density at radius 2 is 1.88 bits per heavy atom. The van der Waals surface area contributed by atoms with Crippen molar-refractivity contribution in [1.29, 1.82) is 0 Å². The van der Waals surface area contributed by atoms with E-state index in [4.69, 9.17) is 10.5 Å². The van der Waals surface area contributed by atoms with Crippen LogP contribution in [0.5, 0.6) is 5.75 Å². The maximum atomic E-state index is 13.1. The van der Waals surface area contributed by atoms with Crippen LogP contribution >= 0.6 is 0 Å². The van der Waals surface area contributed by atoms with Gasteiger partial charge in [0.1, 0.15) is 11.6 Å². The summed E-state index contributed by atoms with van der Waals surface area (Å²) in [7, 11) is 0. The average molecular weight is 239 g/mol. The van der Waals surface area contributed by atoms with Crippen molar-refractivity contribution in [3.05, 3.63) is 29.6 Å². The van der Waals surface area contributed by atoms with E-state index in [1.807, 2.05) is 13.8 Å². The van der Waals surface area contributed by atoms with Gasteiger partial charge in [0.25, 0.3) is 0 Å². The molecule has 0 saturated carbocycles. The smallest absolute Gasteiger partial charge is 0.124 e. The molecule has 96 valence electrons. The lowest BCUT2D eigenvalue weighted by molar-refractivity contribution is 0.190. The van der Waals surface area contributed by atoms with Gasteiger partial charge in [-0.3, -0.25) is 0 Å². The van der Waals surface area contributed by atoms with Gasteiger partial charge in [0.15, 0.2) is 0 Å². The first kappa shape index (κ1) is 14.0. The van der Waals surface area contributed by atoms with Gasteiger partial charge in [-0.1, -0.05) is 13.8 Å². The summed E-state index contributed by atoms with van der Waals surface area (Å²) < 4.78 is 19.0. The summed E-state index contributed by atoms with van der Waals surface area (Å²) in [6.07, 6.45) is 1.08. The van der Waals surface area contributed by atoms with Crippen LogP contribution in [0.15, 0.2) is 18.2 Å². The molecule has 0 bridgehead atoms. The van der Waals surface area contributed by atoms with Gasteiger partial charge in [0.2, 0.25) is 0 Å². The summed E-state index contributed by atoms with van der Waals surface area (Å²) in [5.41, 5.74) is 6.54. The highest BCUT2D eigenvalue weighted by molar-refractivity contribution is 5.36. The van der Waals surface area contributed by atoms with Crippen molar-refractivity contribution in [2.75, 3.05) is 0 Å². The average Bonchev–Trinajstić information content (AvgIpc) is 2.19. The zero-order valence-electron chi connectivity index (χ0n) is 11.0. The van der Waals surface area contributed by atoms with Crippen LogP contribution in [-0.4, -0.2) is 6.10 Å². The minimum absolute atomic E-state index is 0.109. The van der Waals surface area contributed by atoms with Crippen molar-refractivity contribution >= 4 is 0 Å². The molecule has 0 saturated heterocycles. The highest BCUT2D eigenvalue weighted by atomic mass is 19.1. The van der Waals surface area contributed by atoms with Gasteiger partial charge in [0, 0.05) is 11.6 Å². The third kappa shape index (κ3) is 4.35. The highest BCUT2D eigenvalue weighted by Gasteiger charge is 2.13. The summed E-state index contributed by atoms with van der Waals surface area (Å²) in [6.45, 7) is 8.15. The molecule has 1 aromatic carbocycles. The first-order valence-corrected chi connectivity index (χ1v) is 6.11. The van der Waals surface area contributed by atoms with Crippen molar-refractivity contribution in [2.24, 2.45) is 11.7 Å². The van der Waals surface area contributed by atoms with Gasteiger partial charge < -0.3 is 10.5 Å². The minimum atomic E-state index is -0.277. The van der Waals surface area contributed by atoms with Crippen LogP contribution in [0.1, 0.15) is 45.7 Å². The summed E-state index contributed by atoms with van der Waals surface area (Å²) >= 11 is 0. The number of ether oxygens (including phenoxy) is 1. The number of benzene rings is 1. The van der Waals surface area contributed by atoms with Crippen LogP contribution in [0.4, 0.5) is 4.39 Å². The molecule has 3 heteroatoms. The van der Waals surface area contributed by atoms with Gasteiger partial charge in [-0.2, -0.15) is 0 Å². The van der Waals surface area contributed by atoms with Crippen LogP contribution in [0.25, 0.3) is 0 Å². The summed E-state index contributed by atoms with van der Waals surface area (Å²) in [5.74, 6) is 0.986. The Bertz CT molecular complexity index is 363. The second-order valence-electron chi connectivity index (χ2n) is 5.03. The standard InChI is InChI=1S/C14H22FNO/c1-9(2)7-10(3)17-14-6-5-12(15)8-13(14)11(4)16/h5-6,8-11H,7,16H2,1-4H3. The largest absolute Gasteiger partial charge is 0.490 e. The number of rotatable bonds is 5. The monoisotopic (exact) mass is 239 g/mol. The lowest BCUT2D eigenvalue weighted by Gasteiger charge is -2.20. The second kappa shape index (κ2) is 6.01. The topological polar surface area (TPSA) is 35.2 Å². The van der Waals surface area contributed by atoms with Gasteiger partial charge in [-0.25, -0.2) is 4.39 Å². The van der Waals surface area contributed by atoms with Gasteiger partial charge in [-0.15, -0.1) is 0 Å². The Morgan fingerprint density at radius 3 is 2.41 bits per heavy atom. The zero-order valence-corrected chi connectivity index (χ0v) is 11.0. The first-order chi connectivity index (χ1) is 7.90. The fraction of sp³-hybridized carbons (Fsp3) is 0.571. The minimum Gasteiger partial charge on any atom is -0.490 e. The van der Waals surface area contributed by atoms with Crippen LogP contribution < -0.4 is 10.5 Å². The lowest BCUT2D eigenvalue weighted by atomic mass is 10.1. The van der Waals surface area contributed by atoms with Gasteiger partial charge >= 0.3 is 0 Å². The van der Waals surface area contributed by atoms with E-state index < -0.39 is 0 Å².